The molecule has 4 aromatic rings. The molecule has 0 aromatic heterocycles. The minimum absolute atomic E-state index is 0.360. The van der Waals surface area contributed by atoms with Gasteiger partial charge in [-0.25, -0.2) is 0 Å². The van der Waals surface area contributed by atoms with Crippen molar-refractivity contribution in [3.63, 3.8) is 0 Å². The summed E-state index contributed by atoms with van der Waals surface area (Å²) in [6, 6.07) is 22.4. The van der Waals surface area contributed by atoms with Crippen molar-refractivity contribution < 1.29 is 54.5 Å². The second kappa shape index (κ2) is 16.8. The molecule has 2 aliphatic heterocycles. The first-order chi connectivity index (χ1) is 29.7. The number of carbonyl (C=O) groups excluding carboxylic acids is 2. The summed E-state index contributed by atoms with van der Waals surface area (Å²) < 4.78 is 59.5. The monoisotopic (exact) mass is 914 g/mol. The smallest absolute Gasteiger partial charge is 0.480 e. The molecule has 6 rings (SSSR count). The molecule has 64 heavy (non-hydrogen) atoms. The van der Waals surface area contributed by atoms with Crippen molar-refractivity contribution >= 4 is 30.0 Å². The highest BCUT2D eigenvalue weighted by molar-refractivity contribution is 6.54. The summed E-state index contributed by atoms with van der Waals surface area (Å²) in [5, 5.41) is 0. The Bertz CT molecular complexity index is 2210. The number of rotatable bonds is 13. The Morgan fingerprint density at radius 3 is 0.938 bits per heavy atom. The third kappa shape index (κ3) is 7.93. The minimum Gasteiger partial charge on any atom is -0.480 e. The van der Waals surface area contributed by atoms with E-state index in [0.717, 1.165) is 22.3 Å². The van der Waals surface area contributed by atoms with Crippen molar-refractivity contribution in [2.75, 3.05) is 42.7 Å². The van der Waals surface area contributed by atoms with Crippen LogP contribution in [0.3, 0.4) is 0 Å². The molecule has 2 unspecified atom stereocenters. The molecule has 4 aromatic carbocycles. The van der Waals surface area contributed by atoms with Gasteiger partial charge in [0, 0.05) is 64.9 Å². The molecule has 0 fully saturated rings. The molecule has 2 aliphatic rings. The standard InChI is InChI=1S/C50H66O12Si2/c1-45(2,3)33-27-37(47(7,8)9)41-39(29-33)49(43(51)59-41,31-19-23-35(24-20-31)61-63(53-13,54-14)55-15)50(32-21-25-36(26-22-32)62-64(56-16,57-17)58-18)40-30-34(46(4,5)6)28-38(48(10,11)12)42(40)60-44(50)52/h19-30H,1-18H3. The molecule has 2 heterocycles. The average Bonchev–Trinajstić information content (AvgIpc) is 3.70. The molecule has 0 amide bonds. The third-order valence-corrected chi connectivity index (χ3v) is 16.4. The first kappa shape index (κ1) is 49.1. The van der Waals surface area contributed by atoms with Crippen molar-refractivity contribution in [3.8, 4) is 23.0 Å². The van der Waals surface area contributed by atoms with Gasteiger partial charge in [-0.1, -0.05) is 119 Å². The summed E-state index contributed by atoms with van der Waals surface area (Å²) in [5.74, 6) is 0.230. The normalized spacial score (nSPS) is 19.3. The first-order valence-corrected chi connectivity index (χ1v) is 24.7. The molecule has 0 saturated heterocycles. The lowest BCUT2D eigenvalue weighted by Gasteiger charge is -2.43. The van der Waals surface area contributed by atoms with E-state index < -0.39 is 62.5 Å². The molecule has 2 atom stereocenters. The van der Waals surface area contributed by atoms with E-state index in [2.05, 4.69) is 95.2 Å². The molecule has 0 radical (unpaired) electrons. The zero-order valence-electron chi connectivity index (χ0n) is 40.8. The molecule has 12 nitrogen and oxygen atoms in total. The predicted octanol–water partition coefficient (Wildman–Crippen LogP) is 9.49. The number of esters is 2. The van der Waals surface area contributed by atoms with Crippen molar-refractivity contribution in [1.82, 2.24) is 0 Å². The first-order valence-electron chi connectivity index (χ1n) is 21.4. The molecule has 0 bridgehead atoms. The summed E-state index contributed by atoms with van der Waals surface area (Å²) in [5.41, 5.74) is -0.0471. The lowest BCUT2D eigenvalue weighted by Crippen LogP contribution is -2.58. The van der Waals surface area contributed by atoms with Crippen molar-refractivity contribution in [2.24, 2.45) is 0 Å². The summed E-state index contributed by atoms with van der Waals surface area (Å²) >= 11 is 0. The van der Waals surface area contributed by atoms with Crippen LogP contribution >= 0.6 is 0 Å². The van der Waals surface area contributed by atoms with Crippen LogP contribution in [0.4, 0.5) is 0 Å². The van der Waals surface area contributed by atoms with Gasteiger partial charge >= 0.3 is 30.0 Å². The highest BCUT2D eigenvalue weighted by Crippen LogP contribution is 2.65. The minimum atomic E-state index is -3.59. The van der Waals surface area contributed by atoms with Gasteiger partial charge in [-0.3, -0.25) is 9.59 Å². The molecule has 0 saturated carbocycles. The summed E-state index contributed by atoms with van der Waals surface area (Å²) in [6.45, 7) is 25.3. The Kier molecular flexibility index (Phi) is 12.9. The molecule has 0 spiro atoms. The van der Waals surface area contributed by atoms with Crippen LogP contribution in [-0.4, -0.2) is 72.7 Å². The highest BCUT2D eigenvalue weighted by Gasteiger charge is 2.73. The van der Waals surface area contributed by atoms with Crippen LogP contribution in [0.2, 0.25) is 0 Å². The van der Waals surface area contributed by atoms with Gasteiger partial charge in [-0.15, -0.1) is 0 Å². The Balaban J connectivity index is 1.86. The van der Waals surface area contributed by atoms with Gasteiger partial charge in [0.25, 0.3) is 0 Å². The van der Waals surface area contributed by atoms with Crippen LogP contribution < -0.4 is 18.3 Å². The largest absolute Gasteiger partial charge is 0.748 e. The molecule has 0 aliphatic carbocycles. The number of ether oxygens (including phenoxy) is 2. The van der Waals surface area contributed by atoms with E-state index in [1.807, 2.05) is 12.1 Å². The SMILES string of the molecule is CO[Si](OC)(OC)Oc1ccc(C2(C3(c4ccc(O[Si](OC)(OC)OC)cc4)C(=O)Oc4c(C(C)(C)C)cc(C(C)(C)C)cc43)C(=O)Oc3c(C(C)(C)C)cc(C(C)(C)C)cc32)cc1. The summed E-state index contributed by atoms with van der Waals surface area (Å²) in [7, 11) is 1.56. The van der Waals surface area contributed by atoms with Gasteiger partial charge in [0.2, 0.25) is 0 Å². The topological polar surface area (TPSA) is 126 Å². The maximum Gasteiger partial charge on any atom is 0.748 e. The maximum atomic E-state index is 16.1. The maximum absolute atomic E-state index is 16.1. The number of carbonyl (C=O) groups is 2. The lowest BCUT2D eigenvalue weighted by atomic mass is 9.51. The van der Waals surface area contributed by atoms with E-state index in [-0.39, 0.29) is 0 Å². The quantitative estimate of drug-likeness (QED) is 0.0721. The van der Waals surface area contributed by atoms with Crippen LogP contribution in [0, 0.1) is 0 Å². The fraction of sp³-hybridized carbons (Fsp3) is 0.480. The van der Waals surface area contributed by atoms with Crippen LogP contribution in [0.5, 0.6) is 23.0 Å². The fourth-order valence-corrected chi connectivity index (χ4v) is 11.2. The predicted molar refractivity (Wildman–Crippen MR) is 248 cm³/mol. The van der Waals surface area contributed by atoms with Crippen molar-refractivity contribution in [3.05, 3.63) is 117 Å². The van der Waals surface area contributed by atoms with E-state index in [1.54, 1.807) is 48.5 Å². The molecule has 14 heteroatoms. The second-order valence-electron chi connectivity index (χ2n) is 20.6. The second-order valence-corrected chi connectivity index (χ2v) is 25.4. The number of benzene rings is 4. The zero-order valence-corrected chi connectivity index (χ0v) is 42.8. The third-order valence-electron chi connectivity index (χ3n) is 12.5. The number of hydrogen-bond donors (Lipinski definition) is 0. The van der Waals surface area contributed by atoms with Gasteiger partial charge in [-0.2, -0.15) is 0 Å². The Labute approximate surface area is 381 Å². The van der Waals surface area contributed by atoms with Crippen molar-refractivity contribution in [2.45, 2.75) is 116 Å². The van der Waals surface area contributed by atoms with Crippen molar-refractivity contribution in [1.29, 1.82) is 0 Å². The van der Waals surface area contributed by atoms with E-state index in [1.165, 1.54) is 42.7 Å². The van der Waals surface area contributed by atoms with Crippen LogP contribution in [0.1, 0.15) is 128 Å². The fourth-order valence-electron chi connectivity index (χ4n) is 8.85. The van der Waals surface area contributed by atoms with E-state index in [4.69, 9.17) is 44.9 Å². The Morgan fingerprint density at radius 2 is 0.703 bits per heavy atom. The average molecular weight is 915 g/mol. The van der Waals surface area contributed by atoms with Crippen LogP contribution in [0.15, 0.2) is 72.8 Å². The van der Waals surface area contributed by atoms with E-state index >= 15 is 9.59 Å². The van der Waals surface area contributed by atoms with Crippen LogP contribution in [-0.2, 0) is 68.6 Å². The number of fused-ring (bicyclic) bond motifs is 2. The molecule has 0 N–H and O–H groups in total. The molecular weight excluding hydrogens is 849 g/mol. The van der Waals surface area contributed by atoms with Gasteiger partial charge in [-0.05, 0) is 80.3 Å². The van der Waals surface area contributed by atoms with Gasteiger partial charge in [0.15, 0.2) is 0 Å². The molecule has 346 valence electrons. The van der Waals surface area contributed by atoms with E-state index in [9.17, 15) is 0 Å². The number of hydrogen-bond acceptors (Lipinski definition) is 12. The van der Waals surface area contributed by atoms with Gasteiger partial charge in [0.05, 0.1) is 0 Å². The highest BCUT2D eigenvalue weighted by atomic mass is 28.4. The van der Waals surface area contributed by atoms with Crippen LogP contribution in [0.25, 0.3) is 0 Å². The van der Waals surface area contributed by atoms with Gasteiger partial charge in [0.1, 0.15) is 33.8 Å². The summed E-state index contributed by atoms with van der Waals surface area (Å²) in [4.78, 5) is 32.2. The summed E-state index contributed by atoms with van der Waals surface area (Å²) in [6.07, 6.45) is 0. The zero-order chi connectivity index (χ0) is 47.6. The lowest BCUT2D eigenvalue weighted by molar-refractivity contribution is -0.147. The Morgan fingerprint density at radius 1 is 0.422 bits per heavy atom. The van der Waals surface area contributed by atoms with Gasteiger partial charge < -0.3 is 44.9 Å². The van der Waals surface area contributed by atoms with E-state index in [0.29, 0.717) is 45.3 Å². The Hall–Kier alpha value is -4.39. The molecular formula is C50H66O12Si2.